The van der Waals surface area contributed by atoms with Gasteiger partial charge >= 0.3 is 0 Å². The molecule has 0 atom stereocenters. The van der Waals surface area contributed by atoms with Crippen molar-refractivity contribution in [3.63, 3.8) is 0 Å². The molecule has 1 aliphatic heterocycles. The van der Waals surface area contributed by atoms with Gasteiger partial charge in [0.05, 0.1) is 35.0 Å². The Morgan fingerprint density at radius 3 is 2.71 bits per heavy atom. The van der Waals surface area contributed by atoms with E-state index in [2.05, 4.69) is 10.3 Å². The zero-order chi connectivity index (χ0) is 19.0. The lowest BCUT2D eigenvalue weighted by atomic mass is 10.1. The minimum atomic E-state index is -0.0162. The zero-order valence-electron chi connectivity index (χ0n) is 15.7. The van der Waals surface area contributed by atoms with Crippen molar-refractivity contribution in [3.8, 4) is 0 Å². The van der Waals surface area contributed by atoms with E-state index in [1.165, 1.54) is 0 Å². The first kappa shape index (κ1) is 20.5. The van der Waals surface area contributed by atoms with E-state index in [0.717, 1.165) is 22.2 Å². The Kier molecular flexibility index (Phi) is 6.13. The standard InChI is InChI=1S/C20H21ClN4O2.ClH/c1-13-3-4-17(16(21)11-13)23-19-14-5-6-24(2)18(14)15(12-22-19)20(26)25-7-9-27-10-8-25;/h3-6,11-12H,7-10H2,1-2H3,(H,22,23);1H. The summed E-state index contributed by atoms with van der Waals surface area (Å²) in [5.74, 6) is 0.660. The van der Waals surface area contributed by atoms with Crippen LogP contribution in [0.3, 0.4) is 0 Å². The molecular weight excluding hydrogens is 399 g/mol. The fourth-order valence-electron chi connectivity index (χ4n) is 3.36. The lowest BCUT2D eigenvalue weighted by molar-refractivity contribution is 0.0303. The van der Waals surface area contributed by atoms with Crippen LogP contribution in [-0.4, -0.2) is 46.7 Å². The van der Waals surface area contributed by atoms with Crippen molar-refractivity contribution in [2.24, 2.45) is 7.05 Å². The molecule has 0 unspecified atom stereocenters. The van der Waals surface area contributed by atoms with Gasteiger partial charge in [-0.25, -0.2) is 4.98 Å². The predicted molar refractivity (Wildman–Crippen MR) is 114 cm³/mol. The molecule has 148 valence electrons. The van der Waals surface area contributed by atoms with Crippen LogP contribution in [0, 0.1) is 6.92 Å². The van der Waals surface area contributed by atoms with Gasteiger partial charge in [0, 0.05) is 37.9 Å². The van der Waals surface area contributed by atoms with Gasteiger partial charge in [-0.15, -0.1) is 12.4 Å². The second kappa shape index (κ2) is 8.39. The molecule has 1 aliphatic rings. The summed E-state index contributed by atoms with van der Waals surface area (Å²) < 4.78 is 7.30. The lowest BCUT2D eigenvalue weighted by Gasteiger charge is -2.27. The maximum absolute atomic E-state index is 13.0. The zero-order valence-corrected chi connectivity index (χ0v) is 17.3. The average molecular weight is 421 g/mol. The largest absolute Gasteiger partial charge is 0.378 e. The highest BCUT2D eigenvalue weighted by Crippen LogP contribution is 2.31. The number of anilines is 2. The molecule has 1 amide bonds. The van der Waals surface area contributed by atoms with Gasteiger partial charge in [0.25, 0.3) is 5.91 Å². The summed E-state index contributed by atoms with van der Waals surface area (Å²) in [5.41, 5.74) is 3.33. The van der Waals surface area contributed by atoms with Crippen molar-refractivity contribution < 1.29 is 9.53 Å². The first-order chi connectivity index (χ1) is 13.0. The first-order valence-corrected chi connectivity index (χ1v) is 9.26. The summed E-state index contributed by atoms with van der Waals surface area (Å²) in [4.78, 5) is 19.4. The van der Waals surface area contributed by atoms with Crippen LogP contribution in [0.4, 0.5) is 11.5 Å². The number of benzene rings is 1. The number of hydrogen-bond acceptors (Lipinski definition) is 4. The third-order valence-electron chi connectivity index (χ3n) is 4.81. The molecule has 1 aromatic carbocycles. The molecule has 0 saturated carbocycles. The molecule has 28 heavy (non-hydrogen) atoms. The number of morpholine rings is 1. The third-order valence-corrected chi connectivity index (χ3v) is 5.12. The number of rotatable bonds is 3. The second-order valence-corrected chi connectivity index (χ2v) is 7.13. The number of amides is 1. The van der Waals surface area contributed by atoms with E-state index in [1.54, 1.807) is 6.20 Å². The van der Waals surface area contributed by atoms with Gasteiger partial charge in [-0.1, -0.05) is 17.7 Å². The summed E-state index contributed by atoms with van der Waals surface area (Å²) >= 11 is 6.35. The fourth-order valence-corrected chi connectivity index (χ4v) is 3.64. The second-order valence-electron chi connectivity index (χ2n) is 6.72. The van der Waals surface area contributed by atoms with Gasteiger partial charge in [0.2, 0.25) is 0 Å². The Hall–Kier alpha value is -2.28. The topological polar surface area (TPSA) is 59.4 Å². The molecule has 3 heterocycles. The third kappa shape index (κ3) is 3.81. The molecular formula is C20H22Cl2N4O2. The van der Waals surface area contributed by atoms with Crippen molar-refractivity contribution in [2.75, 3.05) is 31.6 Å². The molecule has 0 spiro atoms. The molecule has 6 nitrogen and oxygen atoms in total. The molecule has 1 saturated heterocycles. The minimum Gasteiger partial charge on any atom is -0.378 e. The van der Waals surface area contributed by atoms with E-state index in [-0.39, 0.29) is 18.3 Å². The van der Waals surface area contributed by atoms with E-state index in [9.17, 15) is 4.79 Å². The van der Waals surface area contributed by atoms with Gasteiger partial charge < -0.3 is 19.5 Å². The summed E-state index contributed by atoms with van der Waals surface area (Å²) in [7, 11) is 1.93. The summed E-state index contributed by atoms with van der Waals surface area (Å²) in [6, 6.07) is 7.79. The number of ether oxygens (including phenoxy) is 1. The van der Waals surface area contributed by atoms with Gasteiger partial charge in [-0.05, 0) is 30.7 Å². The lowest BCUT2D eigenvalue weighted by Crippen LogP contribution is -2.40. The molecule has 8 heteroatoms. The van der Waals surface area contributed by atoms with Gasteiger partial charge in [-0.3, -0.25) is 4.79 Å². The van der Waals surface area contributed by atoms with E-state index in [4.69, 9.17) is 16.3 Å². The Bertz CT molecular complexity index is 1010. The van der Waals surface area contributed by atoms with Crippen molar-refractivity contribution >= 4 is 52.3 Å². The number of nitrogens with zero attached hydrogens (tertiary/aromatic N) is 3. The van der Waals surface area contributed by atoms with Crippen LogP contribution >= 0.6 is 24.0 Å². The average Bonchev–Trinajstić information content (AvgIpc) is 3.07. The predicted octanol–water partition coefficient (Wildman–Crippen LogP) is 4.17. The van der Waals surface area contributed by atoms with Crippen LogP contribution in [0.2, 0.25) is 5.02 Å². The van der Waals surface area contributed by atoms with E-state index < -0.39 is 0 Å². The molecule has 0 bridgehead atoms. The number of fused-ring (bicyclic) bond motifs is 1. The Morgan fingerprint density at radius 2 is 2.00 bits per heavy atom. The Balaban J connectivity index is 0.00000225. The quantitative estimate of drug-likeness (QED) is 0.690. The summed E-state index contributed by atoms with van der Waals surface area (Å²) in [6.45, 7) is 4.34. The molecule has 1 fully saturated rings. The van der Waals surface area contributed by atoms with Crippen LogP contribution < -0.4 is 5.32 Å². The van der Waals surface area contributed by atoms with E-state index in [0.29, 0.717) is 42.7 Å². The van der Waals surface area contributed by atoms with Crippen LogP contribution in [0.25, 0.3) is 10.9 Å². The van der Waals surface area contributed by atoms with Crippen molar-refractivity contribution in [2.45, 2.75) is 6.92 Å². The fraction of sp³-hybridized carbons (Fsp3) is 0.300. The maximum atomic E-state index is 13.0. The molecule has 2 aromatic heterocycles. The van der Waals surface area contributed by atoms with Crippen molar-refractivity contribution in [3.05, 3.63) is 52.8 Å². The Morgan fingerprint density at radius 1 is 1.25 bits per heavy atom. The van der Waals surface area contributed by atoms with Crippen molar-refractivity contribution in [1.82, 2.24) is 14.5 Å². The SMILES string of the molecule is Cc1ccc(Nc2ncc(C(=O)N3CCOCC3)c3c2ccn3C)c(Cl)c1.Cl. The number of halogens is 2. The number of aryl methyl sites for hydroxylation is 2. The number of carbonyl (C=O) groups is 1. The minimum absolute atomic E-state index is 0. The normalized spacial score (nSPS) is 14.0. The number of nitrogens with one attached hydrogen (secondary N) is 1. The van der Waals surface area contributed by atoms with Gasteiger partial charge in [-0.2, -0.15) is 0 Å². The highest BCUT2D eigenvalue weighted by atomic mass is 35.5. The molecule has 4 rings (SSSR count). The number of aromatic nitrogens is 2. The molecule has 0 radical (unpaired) electrons. The van der Waals surface area contributed by atoms with Crippen LogP contribution in [0.5, 0.6) is 0 Å². The number of carbonyl (C=O) groups excluding carboxylic acids is 1. The number of pyridine rings is 1. The molecule has 1 N–H and O–H groups in total. The summed E-state index contributed by atoms with van der Waals surface area (Å²) in [6.07, 6.45) is 3.58. The molecule has 0 aliphatic carbocycles. The molecule has 3 aromatic rings. The highest BCUT2D eigenvalue weighted by molar-refractivity contribution is 6.33. The van der Waals surface area contributed by atoms with Gasteiger partial charge in [0.15, 0.2) is 0 Å². The van der Waals surface area contributed by atoms with Crippen LogP contribution in [-0.2, 0) is 11.8 Å². The first-order valence-electron chi connectivity index (χ1n) is 8.89. The Labute approximate surface area is 174 Å². The van der Waals surface area contributed by atoms with Crippen LogP contribution in [0.1, 0.15) is 15.9 Å². The maximum Gasteiger partial charge on any atom is 0.257 e. The van der Waals surface area contributed by atoms with Crippen LogP contribution in [0.15, 0.2) is 36.7 Å². The number of hydrogen-bond donors (Lipinski definition) is 1. The van der Waals surface area contributed by atoms with E-state index >= 15 is 0 Å². The summed E-state index contributed by atoms with van der Waals surface area (Å²) in [5, 5.41) is 4.82. The highest BCUT2D eigenvalue weighted by Gasteiger charge is 2.23. The smallest absolute Gasteiger partial charge is 0.257 e. The van der Waals surface area contributed by atoms with E-state index in [1.807, 2.05) is 53.9 Å². The van der Waals surface area contributed by atoms with Gasteiger partial charge in [0.1, 0.15) is 5.82 Å². The monoisotopic (exact) mass is 420 g/mol. The van der Waals surface area contributed by atoms with Crippen molar-refractivity contribution in [1.29, 1.82) is 0 Å².